The van der Waals surface area contributed by atoms with Crippen LogP contribution in [0.25, 0.3) is 22.5 Å². The van der Waals surface area contributed by atoms with Gasteiger partial charge in [-0.25, -0.2) is 23.7 Å². The Labute approximate surface area is 186 Å². The molecule has 0 saturated carbocycles. The van der Waals surface area contributed by atoms with Crippen molar-refractivity contribution in [3.63, 3.8) is 0 Å². The third-order valence-electron chi connectivity index (χ3n) is 5.08. The van der Waals surface area contributed by atoms with Gasteiger partial charge in [0.1, 0.15) is 23.3 Å². The summed E-state index contributed by atoms with van der Waals surface area (Å²) in [7, 11) is 0. The highest BCUT2D eigenvalue weighted by Crippen LogP contribution is 2.29. The summed E-state index contributed by atoms with van der Waals surface area (Å²) in [4.78, 5) is 13.7. The van der Waals surface area contributed by atoms with Gasteiger partial charge in [-0.1, -0.05) is 39.0 Å². The van der Waals surface area contributed by atoms with Crippen molar-refractivity contribution in [2.75, 3.05) is 5.32 Å². The molecule has 2 aromatic heterocycles. The second-order valence-corrected chi connectivity index (χ2v) is 8.70. The Morgan fingerprint density at radius 3 is 2.41 bits per heavy atom. The van der Waals surface area contributed by atoms with Crippen LogP contribution in [0.4, 0.5) is 20.3 Å². The number of pyridine rings is 1. The van der Waals surface area contributed by atoms with Crippen LogP contribution in [0.15, 0.2) is 66.9 Å². The van der Waals surface area contributed by atoms with Crippen molar-refractivity contribution in [1.29, 1.82) is 0 Å². The van der Waals surface area contributed by atoms with Gasteiger partial charge in [-0.2, -0.15) is 0 Å². The van der Waals surface area contributed by atoms with Gasteiger partial charge >= 0.3 is 0 Å². The van der Waals surface area contributed by atoms with Gasteiger partial charge in [0.05, 0.1) is 11.4 Å². The van der Waals surface area contributed by atoms with E-state index in [2.05, 4.69) is 36.1 Å². The van der Waals surface area contributed by atoms with Crippen LogP contribution in [0.5, 0.6) is 0 Å². The molecule has 0 aliphatic heterocycles. The Balaban J connectivity index is 1.66. The Morgan fingerprint density at radius 1 is 0.844 bits per heavy atom. The zero-order chi connectivity index (χ0) is 22.9. The smallest absolute Gasteiger partial charge is 0.135 e. The van der Waals surface area contributed by atoms with E-state index in [1.54, 1.807) is 24.4 Å². The van der Waals surface area contributed by atoms with Crippen LogP contribution in [0.2, 0.25) is 0 Å². The molecule has 0 bridgehead atoms. The number of benzene rings is 2. The van der Waals surface area contributed by atoms with Crippen molar-refractivity contribution >= 4 is 11.5 Å². The van der Waals surface area contributed by atoms with E-state index in [0.717, 1.165) is 34.4 Å². The molecule has 0 aliphatic carbocycles. The Kier molecular flexibility index (Phi) is 5.70. The Bertz CT molecular complexity index is 1280. The molecule has 0 unspecified atom stereocenters. The van der Waals surface area contributed by atoms with Gasteiger partial charge < -0.3 is 5.32 Å². The standard InChI is InChI=1S/C26H24F2N4/c1-16-8-9-17(21-12-13-29-25(32-21)26(2,3)4)14-23(16)31-24-7-5-6-22(30-24)19-11-10-18(27)15-20(19)28/h5-15H,1-4H3,(H,30,31). The monoisotopic (exact) mass is 430 g/mol. The van der Waals surface area contributed by atoms with E-state index in [1.807, 2.05) is 31.2 Å². The van der Waals surface area contributed by atoms with Gasteiger partial charge in [-0.05, 0) is 48.9 Å². The number of hydrogen-bond donors (Lipinski definition) is 1. The predicted molar refractivity (Wildman–Crippen MR) is 124 cm³/mol. The minimum absolute atomic E-state index is 0.151. The van der Waals surface area contributed by atoms with Crippen molar-refractivity contribution in [2.24, 2.45) is 0 Å². The predicted octanol–water partition coefficient (Wildman–Crippen LogP) is 6.83. The number of nitrogens with one attached hydrogen (secondary N) is 1. The lowest BCUT2D eigenvalue weighted by molar-refractivity contribution is 0.546. The van der Waals surface area contributed by atoms with Crippen molar-refractivity contribution in [3.05, 3.63) is 89.9 Å². The van der Waals surface area contributed by atoms with Crippen LogP contribution in [-0.4, -0.2) is 15.0 Å². The molecule has 2 heterocycles. The van der Waals surface area contributed by atoms with E-state index >= 15 is 0 Å². The maximum atomic E-state index is 14.2. The number of halogens is 2. The molecule has 2 aromatic carbocycles. The highest BCUT2D eigenvalue weighted by Gasteiger charge is 2.18. The zero-order valence-corrected chi connectivity index (χ0v) is 18.4. The van der Waals surface area contributed by atoms with E-state index in [9.17, 15) is 8.78 Å². The Morgan fingerprint density at radius 2 is 1.66 bits per heavy atom. The molecular formula is C26H24F2N4. The summed E-state index contributed by atoms with van der Waals surface area (Å²) < 4.78 is 27.5. The summed E-state index contributed by atoms with van der Waals surface area (Å²) in [5.74, 6) is 0.0730. The maximum Gasteiger partial charge on any atom is 0.135 e. The van der Waals surface area contributed by atoms with Crippen LogP contribution in [0, 0.1) is 18.6 Å². The highest BCUT2D eigenvalue weighted by molar-refractivity contribution is 5.71. The summed E-state index contributed by atoms with van der Waals surface area (Å²) in [5, 5.41) is 3.32. The fraction of sp³-hybridized carbons (Fsp3) is 0.192. The molecule has 0 atom stereocenters. The number of hydrogen-bond acceptors (Lipinski definition) is 4. The second-order valence-electron chi connectivity index (χ2n) is 8.70. The lowest BCUT2D eigenvalue weighted by Gasteiger charge is -2.17. The molecule has 162 valence electrons. The van der Waals surface area contributed by atoms with Gasteiger partial charge in [0.2, 0.25) is 0 Å². The fourth-order valence-electron chi connectivity index (χ4n) is 3.29. The van der Waals surface area contributed by atoms with Crippen molar-refractivity contribution < 1.29 is 8.78 Å². The number of aromatic nitrogens is 3. The molecule has 32 heavy (non-hydrogen) atoms. The van der Waals surface area contributed by atoms with Crippen molar-refractivity contribution in [1.82, 2.24) is 15.0 Å². The SMILES string of the molecule is Cc1ccc(-c2ccnc(C(C)(C)C)n2)cc1Nc1cccc(-c2ccc(F)cc2F)n1. The van der Waals surface area contributed by atoms with Crippen LogP contribution in [0.1, 0.15) is 32.2 Å². The zero-order valence-electron chi connectivity index (χ0n) is 18.4. The summed E-state index contributed by atoms with van der Waals surface area (Å²) in [5.41, 5.74) is 4.20. The second kappa shape index (κ2) is 8.46. The molecule has 0 aliphatic rings. The largest absolute Gasteiger partial charge is 0.340 e. The molecule has 0 amide bonds. The van der Waals surface area contributed by atoms with Crippen molar-refractivity contribution in [3.8, 4) is 22.5 Å². The first-order valence-electron chi connectivity index (χ1n) is 10.3. The average molecular weight is 431 g/mol. The molecule has 0 saturated heterocycles. The first-order chi connectivity index (χ1) is 15.2. The third-order valence-corrected chi connectivity index (χ3v) is 5.08. The maximum absolute atomic E-state index is 14.2. The topological polar surface area (TPSA) is 50.7 Å². The number of aryl methyl sites for hydroxylation is 1. The average Bonchev–Trinajstić information content (AvgIpc) is 2.75. The molecule has 4 nitrogen and oxygen atoms in total. The molecule has 1 N–H and O–H groups in total. The van der Waals surface area contributed by atoms with E-state index in [0.29, 0.717) is 11.5 Å². The quantitative estimate of drug-likeness (QED) is 0.385. The summed E-state index contributed by atoms with van der Waals surface area (Å²) >= 11 is 0. The lowest BCUT2D eigenvalue weighted by atomic mass is 9.95. The van der Waals surface area contributed by atoms with Gasteiger partial charge in [-0.15, -0.1) is 0 Å². The lowest BCUT2D eigenvalue weighted by Crippen LogP contribution is -2.15. The molecule has 6 heteroatoms. The first kappa shape index (κ1) is 21.6. The molecular weight excluding hydrogens is 406 g/mol. The van der Waals surface area contributed by atoms with Gasteiger partial charge in [0.25, 0.3) is 0 Å². The highest BCUT2D eigenvalue weighted by atomic mass is 19.1. The third kappa shape index (κ3) is 4.64. The van der Waals surface area contributed by atoms with Gasteiger partial charge in [0.15, 0.2) is 0 Å². The van der Waals surface area contributed by atoms with E-state index < -0.39 is 11.6 Å². The number of nitrogens with zero attached hydrogens (tertiary/aromatic N) is 3. The minimum atomic E-state index is -0.647. The fourth-order valence-corrected chi connectivity index (χ4v) is 3.29. The number of anilines is 2. The van der Waals surface area contributed by atoms with Gasteiger partial charge in [-0.3, -0.25) is 0 Å². The van der Waals surface area contributed by atoms with E-state index in [4.69, 9.17) is 4.98 Å². The molecule has 4 rings (SSSR count). The minimum Gasteiger partial charge on any atom is -0.340 e. The number of rotatable bonds is 4. The molecule has 0 fully saturated rings. The van der Waals surface area contributed by atoms with Crippen LogP contribution >= 0.6 is 0 Å². The van der Waals surface area contributed by atoms with Crippen LogP contribution in [-0.2, 0) is 5.41 Å². The first-order valence-corrected chi connectivity index (χ1v) is 10.3. The molecule has 4 aromatic rings. The molecule has 0 spiro atoms. The summed E-state index contributed by atoms with van der Waals surface area (Å²) in [6.45, 7) is 8.24. The normalized spacial score (nSPS) is 11.4. The summed E-state index contributed by atoms with van der Waals surface area (Å²) in [6, 6.07) is 16.7. The van der Waals surface area contributed by atoms with Crippen LogP contribution < -0.4 is 5.32 Å². The van der Waals surface area contributed by atoms with E-state index in [1.165, 1.54) is 12.1 Å². The van der Waals surface area contributed by atoms with Crippen molar-refractivity contribution in [2.45, 2.75) is 33.1 Å². The Hall–Kier alpha value is -3.67. The van der Waals surface area contributed by atoms with Crippen LogP contribution in [0.3, 0.4) is 0 Å². The molecule has 0 radical (unpaired) electrons. The van der Waals surface area contributed by atoms with E-state index in [-0.39, 0.29) is 11.0 Å². The summed E-state index contributed by atoms with van der Waals surface area (Å²) in [6.07, 6.45) is 1.78. The van der Waals surface area contributed by atoms with Gasteiger partial charge in [0, 0.05) is 34.5 Å².